The number of thioether (sulfide) groups is 1. The number of aromatic nitrogens is 2. The molecule has 4 unspecified atom stereocenters. The van der Waals surface area contributed by atoms with Crippen LogP contribution in [0.15, 0.2) is 12.5 Å². The number of H-pyrrole nitrogens is 1. The first kappa shape index (κ1) is 29.9. The number of rotatable bonds is 16. The molecule has 9 N–H and O–H groups in total. The average Bonchev–Trinajstić information content (AvgIpc) is 3.27. The van der Waals surface area contributed by atoms with Crippen LogP contribution in [0.4, 0.5) is 0 Å². The van der Waals surface area contributed by atoms with Crippen molar-refractivity contribution in [2.75, 3.05) is 12.0 Å². The maximum Gasteiger partial charge on any atom is 0.326 e. The zero-order chi connectivity index (χ0) is 26.5. The van der Waals surface area contributed by atoms with Gasteiger partial charge in [-0.05, 0) is 30.8 Å². The van der Waals surface area contributed by atoms with E-state index in [1.165, 1.54) is 24.3 Å². The van der Waals surface area contributed by atoms with Crippen molar-refractivity contribution in [2.24, 2.45) is 17.4 Å². The number of nitrogens with zero attached hydrogens (tertiary/aromatic N) is 1. The number of amides is 4. The molecule has 0 aliphatic heterocycles. The standard InChI is InChI=1S/C21H35N7O6S/c1-11(2)6-15(27-18(30)13(22)7-12-9-24-10-25-12)19(31)28-16(8-17(23)29)20(32)26-14(21(33)34)4-5-35-3/h9-11,13-16H,4-8,22H2,1-3H3,(H2,23,29)(H,24,25)(H,26,32)(H,27,30)(H,28,31)(H,33,34). The van der Waals surface area contributed by atoms with Crippen LogP contribution in [0.1, 0.15) is 38.8 Å². The van der Waals surface area contributed by atoms with Gasteiger partial charge in [-0.3, -0.25) is 19.2 Å². The van der Waals surface area contributed by atoms with E-state index in [1.807, 2.05) is 13.8 Å². The van der Waals surface area contributed by atoms with Gasteiger partial charge in [-0.15, -0.1) is 0 Å². The van der Waals surface area contributed by atoms with Crippen molar-refractivity contribution < 1.29 is 29.1 Å². The molecule has 0 aromatic carbocycles. The minimum atomic E-state index is -1.42. The topological polar surface area (TPSA) is 222 Å². The van der Waals surface area contributed by atoms with Crippen LogP contribution in [-0.4, -0.2) is 80.8 Å². The van der Waals surface area contributed by atoms with Gasteiger partial charge in [0, 0.05) is 18.3 Å². The smallest absolute Gasteiger partial charge is 0.326 e. The first-order valence-electron chi connectivity index (χ1n) is 11.1. The Labute approximate surface area is 207 Å². The van der Waals surface area contributed by atoms with E-state index in [0.717, 1.165) is 0 Å². The third kappa shape index (κ3) is 11.2. The number of hydrogen-bond donors (Lipinski definition) is 7. The minimum absolute atomic E-state index is 0.0127. The van der Waals surface area contributed by atoms with Crippen LogP contribution in [-0.2, 0) is 30.4 Å². The van der Waals surface area contributed by atoms with Gasteiger partial charge in [0.25, 0.3) is 0 Å². The first-order valence-corrected chi connectivity index (χ1v) is 12.5. The Bertz CT molecular complexity index is 864. The molecule has 1 heterocycles. The van der Waals surface area contributed by atoms with Crippen molar-refractivity contribution in [1.29, 1.82) is 0 Å². The van der Waals surface area contributed by atoms with Crippen molar-refractivity contribution in [1.82, 2.24) is 25.9 Å². The molecule has 13 nitrogen and oxygen atoms in total. The molecule has 14 heteroatoms. The zero-order valence-corrected chi connectivity index (χ0v) is 20.9. The molecule has 0 radical (unpaired) electrons. The monoisotopic (exact) mass is 513 g/mol. The molecule has 1 aromatic rings. The van der Waals surface area contributed by atoms with Crippen LogP contribution in [0.3, 0.4) is 0 Å². The molecule has 1 aromatic heterocycles. The van der Waals surface area contributed by atoms with Crippen LogP contribution in [0.5, 0.6) is 0 Å². The number of nitrogens with one attached hydrogen (secondary N) is 4. The largest absolute Gasteiger partial charge is 0.480 e. The normalized spacial score (nSPS) is 14.4. The van der Waals surface area contributed by atoms with Crippen LogP contribution < -0.4 is 27.4 Å². The van der Waals surface area contributed by atoms with E-state index >= 15 is 0 Å². The fourth-order valence-electron chi connectivity index (χ4n) is 3.16. The van der Waals surface area contributed by atoms with Crippen LogP contribution in [0.2, 0.25) is 0 Å². The number of carbonyl (C=O) groups is 5. The quantitative estimate of drug-likeness (QED) is 0.136. The summed E-state index contributed by atoms with van der Waals surface area (Å²) in [7, 11) is 0. The Kier molecular flexibility index (Phi) is 12.8. The molecule has 196 valence electrons. The predicted molar refractivity (Wildman–Crippen MR) is 130 cm³/mol. The lowest BCUT2D eigenvalue weighted by Crippen LogP contribution is -2.58. The molecule has 4 atom stereocenters. The second-order valence-corrected chi connectivity index (χ2v) is 9.48. The summed E-state index contributed by atoms with van der Waals surface area (Å²) < 4.78 is 0. The average molecular weight is 514 g/mol. The van der Waals surface area contributed by atoms with Crippen LogP contribution >= 0.6 is 11.8 Å². The molecule has 0 bridgehead atoms. The number of hydrogen-bond acceptors (Lipinski definition) is 8. The molecule has 35 heavy (non-hydrogen) atoms. The van der Waals surface area contributed by atoms with Crippen molar-refractivity contribution in [3.05, 3.63) is 18.2 Å². The van der Waals surface area contributed by atoms with Gasteiger partial charge < -0.3 is 37.5 Å². The van der Waals surface area contributed by atoms with Crippen molar-refractivity contribution in [2.45, 2.75) is 63.7 Å². The number of carbonyl (C=O) groups excluding carboxylic acids is 4. The fourth-order valence-corrected chi connectivity index (χ4v) is 3.63. The zero-order valence-electron chi connectivity index (χ0n) is 20.1. The lowest BCUT2D eigenvalue weighted by atomic mass is 10.0. The third-order valence-corrected chi connectivity index (χ3v) is 5.58. The van der Waals surface area contributed by atoms with Gasteiger partial charge in [0.1, 0.15) is 18.1 Å². The van der Waals surface area contributed by atoms with E-state index < -0.39 is 60.2 Å². The summed E-state index contributed by atoms with van der Waals surface area (Å²) in [4.78, 5) is 68.0. The summed E-state index contributed by atoms with van der Waals surface area (Å²) in [6.07, 6.45) is 4.78. The highest BCUT2D eigenvalue weighted by atomic mass is 32.2. The summed E-state index contributed by atoms with van der Waals surface area (Å²) in [6.45, 7) is 3.68. The number of imidazole rings is 1. The molecule has 4 amide bonds. The number of primary amides is 1. The van der Waals surface area contributed by atoms with Crippen LogP contribution in [0, 0.1) is 5.92 Å². The predicted octanol–water partition coefficient (Wildman–Crippen LogP) is -1.51. The number of aliphatic carboxylic acids is 1. The highest BCUT2D eigenvalue weighted by Gasteiger charge is 2.31. The Morgan fingerprint density at radius 3 is 2.17 bits per heavy atom. The molecular formula is C21H35N7O6S. The lowest BCUT2D eigenvalue weighted by Gasteiger charge is -2.25. The van der Waals surface area contributed by atoms with Crippen molar-refractivity contribution >= 4 is 41.4 Å². The van der Waals surface area contributed by atoms with Gasteiger partial charge in [-0.25, -0.2) is 9.78 Å². The minimum Gasteiger partial charge on any atom is -0.480 e. The molecule has 0 aliphatic carbocycles. The van der Waals surface area contributed by atoms with Crippen LogP contribution in [0.25, 0.3) is 0 Å². The molecule has 0 saturated carbocycles. The molecule has 0 saturated heterocycles. The number of carboxylic acids is 1. The highest BCUT2D eigenvalue weighted by molar-refractivity contribution is 7.98. The summed E-state index contributed by atoms with van der Waals surface area (Å²) in [5, 5.41) is 16.7. The second-order valence-electron chi connectivity index (χ2n) is 8.49. The molecular weight excluding hydrogens is 478 g/mol. The summed E-state index contributed by atoms with van der Waals surface area (Å²) in [6, 6.07) is -4.63. The summed E-state index contributed by atoms with van der Waals surface area (Å²) >= 11 is 1.41. The van der Waals surface area contributed by atoms with Gasteiger partial charge in [0.05, 0.1) is 18.8 Å². The van der Waals surface area contributed by atoms with Gasteiger partial charge in [-0.2, -0.15) is 11.8 Å². The molecule has 1 rings (SSSR count). The summed E-state index contributed by atoms with van der Waals surface area (Å²) in [5.41, 5.74) is 11.8. The van der Waals surface area contributed by atoms with Gasteiger partial charge in [-0.1, -0.05) is 13.8 Å². The highest BCUT2D eigenvalue weighted by Crippen LogP contribution is 2.08. The van der Waals surface area contributed by atoms with Crippen molar-refractivity contribution in [3.63, 3.8) is 0 Å². The maximum atomic E-state index is 13.0. The third-order valence-electron chi connectivity index (χ3n) is 4.94. The Morgan fingerprint density at radius 2 is 1.66 bits per heavy atom. The van der Waals surface area contributed by atoms with E-state index in [2.05, 4.69) is 25.9 Å². The molecule has 0 fully saturated rings. The van der Waals surface area contributed by atoms with E-state index in [9.17, 15) is 29.1 Å². The van der Waals surface area contributed by atoms with Gasteiger partial charge >= 0.3 is 5.97 Å². The SMILES string of the molecule is CSCCC(NC(=O)C(CC(N)=O)NC(=O)C(CC(C)C)NC(=O)C(N)Cc1cnc[nH]1)C(=O)O. The Balaban J connectivity index is 2.93. The number of nitrogens with two attached hydrogens (primary N) is 2. The number of aromatic amines is 1. The number of carboxylic acid groups (broad SMARTS) is 1. The first-order chi connectivity index (χ1) is 16.4. The summed E-state index contributed by atoms with van der Waals surface area (Å²) in [5.74, 6) is -3.82. The van der Waals surface area contributed by atoms with Gasteiger partial charge in [0.15, 0.2) is 0 Å². The second kappa shape index (κ2) is 15.0. The van der Waals surface area contributed by atoms with E-state index in [1.54, 1.807) is 6.26 Å². The maximum absolute atomic E-state index is 13.0. The lowest BCUT2D eigenvalue weighted by molar-refractivity contribution is -0.142. The molecule has 0 spiro atoms. The van der Waals surface area contributed by atoms with Crippen molar-refractivity contribution in [3.8, 4) is 0 Å². The van der Waals surface area contributed by atoms with E-state index in [4.69, 9.17) is 11.5 Å². The Morgan fingerprint density at radius 1 is 1.06 bits per heavy atom. The Hall–Kier alpha value is -3.13. The van der Waals surface area contributed by atoms with E-state index in [-0.39, 0.29) is 25.2 Å². The molecule has 0 aliphatic rings. The van der Waals surface area contributed by atoms with Gasteiger partial charge in [0.2, 0.25) is 23.6 Å². The van der Waals surface area contributed by atoms with E-state index in [0.29, 0.717) is 11.4 Å². The fraction of sp³-hybridized carbons (Fsp3) is 0.619.